The molecule has 108 valence electrons. The van der Waals surface area contributed by atoms with Gasteiger partial charge >= 0.3 is 0 Å². The van der Waals surface area contributed by atoms with Crippen molar-refractivity contribution in [3.05, 3.63) is 12.7 Å². The maximum atomic E-state index is 8.99. The molecule has 1 saturated heterocycles. The second kappa shape index (κ2) is 5.99. The first-order valence-electron chi connectivity index (χ1n) is 6.78. The molecule has 2 aromatic heterocycles. The third-order valence-electron chi connectivity index (χ3n) is 3.85. The van der Waals surface area contributed by atoms with Gasteiger partial charge in [0.15, 0.2) is 19.8 Å². The SMILES string of the molecule is OP(O)CCC1CCN(c2ncnc3nc[nH]c23)CC1. The number of nitrogens with zero attached hydrogens (tertiary/aromatic N) is 4. The number of aromatic amines is 1. The summed E-state index contributed by atoms with van der Waals surface area (Å²) < 4.78 is 0. The van der Waals surface area contributed by atoms with Crippen LogP contribution in [-0.2, 0) is 0 Å². The van der Waals surface area contributed by atoms with Gasteiger partial charge < -0.3 is 19.7 Å². The summed E-state index contributed by atoms with van der Waals surface area (Å²) in [6.07, 6.45) is 6.73. The third kappa shape index (κ3) is 2.90. The molecule has 2 aromatic rings. The fraction of sp³-hybridized carbons (Fsp3) is 0.583. The Balaban J connectivity index is 1.65. The lowest BCUT2D eigenvalue weighted by Gasteiger charge is -2.32. The van der Waals surface area contributed by atoms with Crippen molar-refractivity contribution >= 4 is 25.4 Å². The van der Waals surface area contributed by atoms with Gasteiger partial charge in [0.05, 0.1) is 6.33 Å². The van der Waals surface area contributed by atoms with Crippen LogP contribution in [0.2, 0.25) is 0 Å². The number of H-pyrrole nitrogens is 1. The zero-order valence-corrected chi connectivity index (χ0v) is 12.0. The van der Waals surface area contributed by atoms with E-state index in [1.165, 1.54) is 0 Å². The van der Waals surface area contributed by atoms with Crippen LogP contribution in [-0.4, -0.2) is 49.0 Å². The minimum atomic E-state index is -1.74. The van der Waals surface area contributed by atoms with Crippen LogP contribution in [0.15, 0.2) is 12.7 Å². The van der Waals surface area contributed by atoms with E-state index in [-0.39, 0.29) is 0 Å². The summed E-state index contributed by atoms with van der Waals surface area (Å²) in [5.74, 6) is 1.49. The molecular formula is C12H18N5O2P. The number of anilines is 1. The lowest BCUT2D eigenvalue weighted by Crippen LogP contribution is -2.34. The molecule has 20 heavy (non-hydrogen) atoms. The van der Waals surface area contributed by atoms with Gasteiger partial charge in [-0.3, -0.25) is 0 Å². The Morgan fingerprint density at radius 3 is 2.80 bits per heavy atom. The average molecular weight is 295 g/mol. The van der Waals surface area contributed by atoms with E-state index in [1.54, 1.807) is 12.7 Å². The Hall–Kier alpha value is -1.30. The van der Waals surface area contributed by atoms with Crippen LogP contribution in [0.1, 0.15) is 19.3 Å². The molecule has 3 N–H and O–H groups in total. The smallest absolute Gasteiger partial charge is 0.182 e. The molecule has 0 spiro atoms. The molecule has 0 atom stereocenters. The lowest BCUT2D eigenvalue weighted by molar-refractivity contribution is 0.386. The molecule has 0 amide bonds. The first kappa shape index (κ1) is 13.7. The molecule has 0 unspecified atom stereocenters. The molecule has 0 aliphatic carbocycles. The maximum Gasteiger partial charge on any atom is 0.182 e. The van der Waals surface area contributed by atoms with Gasteiger partial charge in [-0.2, -0.15) is 0 Å². The van der Waals surface area contributed by atoms with Crippen LogP contribution in [0, 0.1) is 5.92 Å². The fourth-order valence-corrected chi connectivity index (χ4v) is 3.32. The van der Waals surface area contributed by atoms with E-state index < -0.39 is 8.38 Å². The van der Waals surface area contributed by atoms with Gasteiger partial charge in [0.2, 0.25) is 0 Å². The van der Waals surface area contributed by atoms with E-state index in [0.717, 1.165) is 43.7 Å². The van der Waals surface area contributed by atoms with E-state index >= 15 is 0 Å². The lowest BCUT2D eigenvalue weighted by atomic mass is 9.94. The first-order valence-corrected chi connectivity index (χ1v) is 8.21. The van der Waals surface area contributed by atoms with Gasteiger partial charge in [-0.05, 0) is 25.2 Å². The molecule has 3 rings (SSSR count). The van der Waals surface area contributed by atoms with Gasteiger partial charge in [0, 0.05) is 19.3 Å². The maximum absolute atomic E-state index is 8.99. The molecule has 0 radical (unpaired) electrons. The highest BCUT2D eigenvalue weighted by Gasteiger charge is 2.22. The summed E-state index contributed by atoms with van der Waals surface area (Å²) in [5, 5.41) is 0. The highest BCUT2D eigenvalue weighted by Crippen LogP contribution is 2.31. The van der Waals surface area contributed by atoms with Crippen molar-refractivity contribution in [2.75, 3.05) is 24.2 Å². The number of aromatic nitrogens is 4. The van der Waals surface area contributed by atoms with E-state index in [1.807, 2.05) is 0 Å². The van der Waals surface area contributed by atoms with E-state index in [2.05, 4.69) is 24.8 Å². The Morgan fingerprint density at radius 2 is 2.05 bits per heavy atom. The predicted octanol–water partition coefficient (Wildman–Crippen LogP) is 1.26. The van der Waals surface area contributed by atoms with Crippen LogP contribution in [0.3, 0.4) is 0 Å². The van der Waals surface area contributed by atoms with Gasteiger partial charge in [-0.15, -0.1) is 0 Å². The van der Waals surface area contributed by atoms with Gasteiger partial charge in [-0.1, -0.05) is 0 Å². The highest BCUT2D eigenvalue weighted by atomic mass is 31.2. The minimum Gasteiger partial charge on any atom is -0.355 e. The summed E-state index contributed by atoms with van der Waals surface area (Å²) in [4.78, 5) is 36.0. The van der Waals surface area contributed by atoms with Crippen molar-refractivity contribution in [3.8, 4) is 0 Å². The number of nitrogens with one attached hydrogen (secondary N) is 1. The third-order valence-corrected chi connectivity index (χ3v) is 4.51. The molecule has 0 bridgehead atoms. The van der Waals surface area contributed by atoms with Crippen molar-refractivity contribution in [3.63, 3.8) is 0 Å². The van der Waals surface area contributed by atoms with Crippen LogP contribution < -0.4 is 4.90 Å². The largest absolute Gasteiger partial charge is 0.355 e. The zero-order valence-electron chi connectivity index (χ0n) is 11.1. The molecule has 0 saturated carbocycles. The number of hydrogen-bond acceptors (Lipinski definition) is 6. The molecule has 1 fully saturated rings. The highest BCUT2D eigenvalue weighted by molar-refractivity contribution is 7.45. The molecule has 7 nitrogen and oxygen atoms in total. The van der Waals surface area contributed by atoms with Gasteiger partial charge in [-0.25, -0.2) is 15.0 Å². The summed E-state index contributed by atoms with van der Waals surface area (Å²) >= 11 is 0. The molecule has 0 aromatic carbocycles. The summed E-state index contributed by atoms with van der Waals surface area (Å²) in [6.45, 7) is 1.87. The summed E-state index contributed by atoms with van der Waals surface area (Å²) in [5.41, 5.74) is 1.59. The summed E-state index contributed by atoms with van der Waals surface area (Å²) in [7, 11) is -1.74. The number of fused-ring (bicyclic) bond motifs is 1. The zero-order chi connectivity index (χ0) is 13.9. The van der Waals surface area contributed by atoms with Crippen LogP contribution in [0.4, 0.5) is 5.82 Å². The average Bonchev–Trinajstić information content (AvgIpc) is 2.94. The number of imidazole rings is 1. The van der Waals surface area contributed by atoms with Crippen molar-refractivity contribution < 1.29 is 9.79 Å². The first-order chi connectivity index (χ1) is 9.74. The Bertz CT molecular complexity index is 568. The molecular weight excluding hydrogens is 277 g/mol. The van der Waals surface area contributed by atoms with Crippen molar-refractivity contribution in [2.24, 2.45) is 5.92 Å². The Labute approximate surface area is 118 Å². The van der Waals surface area contributed by atoms with Gasteiger partial charge in [0.25, 0.3) is 0 Å². The molecule has 1 aliphatic rings. The van der Waals surface area contributed by atoms with Crippen LogP contribution in [0.25, 0.3) is 11.2 Å². The second-order valence-electron chi connectivity index (χ2n) is 5.11. The summed E-state index contributed by atoms with van der Waals surface area (Å²) in [6, 6.07) is 0. The van der Waals surface area contributed by atoms with Gasteiger partial charge in [0.1, 0.15) is 11.8 Å². The monoisotopic (exact) mass is 295 g/mol. The van der Waals surface area contributed by atoms with Crippen LogP contribution >= 0.6 is 8.38 Å². The number of piperidine rings is 1. The second-order valence-corrected chi connectivity index (χ2v) is 6.31. The van der Waals surface area contributed by atoms with E-state index in [4.69, 9.17) is 9.79 Å². The van der Waals surface area contributed by atoms with Crippen LogP contribution in [0.5, 0.6) is 0 Å². The quantitative estimate of drug-likeness (QED) is 0.734. The number of hydrogen-bond donors (Lipinski definition) is 3. The predicted molar refractivity (Wildman–Crippen MR) is 77.5 cm³/mol. The minimum absolute atomic E-state index is 0.526. The topological polar surface area (TPSA) is 98.2 Å². The fourth-order valence-electron chi connectivity index (χ4n) is 2.72. The number of rotatable bonds is 4. The normalized spacial score (nSPS) is 17.2. The Morgan fingerprint density at radius 1 is 1.25 bits per heavy atom. The van der Waals surface area contributed by atoms with Crippen molar-refractivity contribution in [1.29, 1.82) is 0 Å². The molecule has 1 aliphatic heterocycles. The van der Waals surface area contributed by atoms with E-state index in [0.29, 0.717) is 17.7 Å². The van der Waals surface area contributed by atoms with Crippen molar-refractivity contribution in [2.45, 2.75) is 19.3 Å². The Kier molecular flexibility index (Phi) is 4.10. The molecule has 8 heteroatoms. The van der Waals surface area contributed by atoms with E-state index in [9.17, 15) is 0 Å². The standard InChI is InChI=1S/C12H18N5O2P/c18-20(19)6-3-9-1-4-17(5-2-9)12-10-11(14-7-13-10)15-8-16-12/h7-9,18-19H,1-6H2,(H,13,14,15,16). The molecule has 3 heterocycles. The van der Waals surface area contributed by atoms with Crippen molar-refractivity contribution in [1.82, 2.24) is 19.9 Å².